The van der Waals surface area contributed by atoms with Crippen LogP contribution in [0.15, 0.2) is 0 Å². The van der Waals surface area contributed by atoms with Crippen molar-refractivity contribution in [1.29, 1.82) is 0 Å². The molecule has 1 aliphatic carbocycles. The van der Waals surface area contributed by atoms with Gasteiger partial charge in [0.05, 0.1) is 0 Å². The van der Waals surface area contributed by atoms with E-state index in [2.05, 4.69) is 0 Å². The molecule has 0 aromatic rings. The molecule has 0 saturated heterocycles. The van der Waals surface area contributed by atoms with Gasteiger partial charge in [0.2, 0.25) is 10.5 Å². The van der Waals surface area contributed by atoms with Crippen LogP contribution < -0.4 is 0 Å². The van der Waals surface area contributed by atoms with E-state index < -0.39 is 10.8 Å². The molecule has 0 aromatic carbocycles. The molecule has 1 rings (SSSR count). The predicted molar refractivity (Wildman–Crippen MR) is 56.3 cm³/mol. The van der Waals surface area contributed by atoms with Crippen LogP contribution in [0.3, 0.4) is 0 Å². The molecule has 1 aliphatic rings. The number of hydrogen-bond acceptors (Lipinski definition) is 2. The van der Waals surface area contributed by atoms with Gasteiger partial charge in [0.1, 0.15) is 0 Å². The minimum Gasteiger partial charge on any atom is -0.281 e. The summed E-state index contributed by atoms with van der Waals surface area (Å²) < 4.78 is 0. The van der Waals surface area contributed by atoms with Gasteiger partial charge < -0.3 is 0 Å². The maximum Gasteiger partial charge on any atom is 0.228 e. The Bertz CT molecular complexity index is 286. The first kappa shape index (κ1) is 12.0. The first-order chi connectivity index (χ1) is 6.23. The summed E-state index contributed by atoms with van der Waals surface area (Å²) in [7, 11) is 0. The van der Waals surface area contributed by atoms with Crippen molar-refractivity contribution in [2.45, 2.75) is 33.6 Å². The van der Waals surface area contributed by atoms with E-state index in [1.54, 1.807) is 0 Å². The molecule has 80 valence electrons. The van der Waals surface area contributed by atoms with Crippen molar-refractivity contribution in [3.05, 3.63) is 0 Å². The molecule has 2 atom stereocenters. The first-order valence-corrected chi connectivity index (χ1v) is 5.38. The quantitative estimate of drug-likeness (QED) is 0.692. The van der Waals surface area contributed by atoms with Crippen molar-refractivity contribution in [1.82, 2.24) is 0 Å². The Morgan fingerprint density at radius 2 is 1.71 bits per heavy atom. The van der Waals surface area contributed by atoms with E-state index in [1.807, 2.05) is 20.8 Å². The molecule has 0 spiro atoms. The van der Waals surface area contributed by atoms with Gasteiger partial charge in [-0.3, -0.25) is 9.59 Å². The summed E-state index contributed by atoms with van der Waals surface area (Å²) in [6.07, 6.45) is 1.27. The lowest BCUT2D eigenvalue weighted by Crippen LogP contribution is -2.40. The van der Waals surface area contributed by atoms with E-state index in [4.69, 9.17) is 23.2 Å². The summed E-state index contributed by atoms with van der Waals surface area (Å²) in [6, 6.07) is 0. The van der Waals surface area contributed by atoms with Gasteiger partial charge >= 0.3 is 0 Å². The van der Waals surface area contributed by atoms with Crippen molar-refractivity contribution in [3.8, 4) is 0 Å². The Labute approximate surface area is 93.9 Å². The Morgan fingerprint density at radius 3 is 1.93 bits per heavy atom. The highest BCUT2D eigenvalue weighted by atomic mass is 35.5. The Kier molecular flexibility index (Phi) is 2.99. The summed E-state index contributed by atoms with van der Waals surface area (Å²) in [5.41, 5.74) is -1.09. The topological polar surface area (TPSA) is 34.1 Å². The zero-order valence-corrected chi connectivity index (χ0v) is 10.1. The third-order valence-electron chi connectivity index (χ3n) is 3.93. The van der Waals surface area contributed by atoms with E-state index in [0.29, 0.717) is 12.8 Å². The monoisotopic (exact) mass is 236 g/mol. The second-order valence-electron chi connectivity index (χ2n) is 4.72. The molecule has 2 nitrogen and oxygen atoms in total. The van der Waals surface area contributed by atoms with Crippen molar-refractivity contribution < 1.29 is 9.59 Å². The van der Waals surface area contributed by atoms with Crippen LogP contribution in [-0.2, 0) is 9.59 Å². The molecule has 1 saturated carbocycles. The number of halogens is 2. The van der Waals surface area contributed by atoms with Crippen LogP contribution in [0, 0.1) is 16.7 Å². The second kappa shape index (κ2) is 3.49. The SMILES string of the molecule is CC1(C)[C@H](C(=O)Cl)CC[C@@]1(C)C(=O)Cl. The van der Waals surface area contributed by atoms with Gasteiger partial charge in [0, 0.05) is 11.3 Å². The molecule has 0 N–H and O–H groups in total. The van der Waals surface area contributed by atoms with Crippen LogP contribution in [-0.4, -0.2) is 10.5 Å². The standard InChI is InChI=1S/C10H14Cl2O2/c1-9(2)6(7(11)13)4-5-10(9,3)8(12)14/h6H,4-5H2,1-3H3/t6-,10-/m0/s1. The lowest BCUT2D eigenvalue weighted by molar-refractivity contribution is -0.127. The zero-order valence-electron chi connectivity index (χ0n) is 8.56. The lowest BCUT2D eigenvalue weighted by Gasteiger charge is -2.37. The number of hydrogen-bond donors (Lipinski definition) is 0. The fourth-order valence-corrected chi connectivity index (χ4v) is 2.97. The summed E-state index contributed by atoms with van der Waals surface area (Å²) in [5, 5.41) is -0.737. The molecule has 0 unspecified atom stereocenters. The van der Waals surface area contributed by atoms with Gasteiger partial charge in [-0.15, -0.1) is 0 Å². The van der Waals surface area contributed by atoms with E-state index in [9.17, 15) is 9.59 Å². The average Bonchev–Trinajstić information content (AvgIpc) is 2.24. The van der Waals surface area contributed by atoms with E-state index in [0.717, 1.165) is 0 Å². The van der Waals surface area contributed by atoms with Gasteiger partial charge in [-0.2, -0.15) is 0 Å². The van der Waals surface area contributed by atoms with E-state index in [-0.39, 0.29) is 16.4 Å². The predicted octanol–water partition coefficient (Wildman–Crippen LogP) is 2.96. The zero-order chi connectivity index (χ0) is 11.1. The molecule has 0 bridgehead atoms. The first-order valence-electron chi connectivity index (χ1n) is 4.63. The highest BCUT2D eigenvalue weighted by molar-refractivity contribution is 6.65. The number of carbonyl (C=O) groups is 2. The Balaban J connectivity index is 3.08. The van der Waals surface area contributed by atoms with Crippen molar-refractivity contribution in [2.75, 3.05) is 0 Å². The van der Waals surface area contributed by atoms with Crippen molar-refractivity contribution >= 4 is 33.7 Å². The van der Waals surface area contributed by atoms with Gasteiger partial charge in [-0.05, 0) is 41.5 Å². The van der Waals surface area contributed by atoms with Crippen LogP contribution in [0.5, 0.6) is 0 Å². The molecular weight excluding hydrogens is 223 g/mol. The van der Waals surface area contributed by atoms with Gasteiger partial charge in [-0.25, -0.2) is 0 Å². The largest absolute Gasteiger partial charge is 0.281 e. The van der Waals surface area contributed by atoms with Crippen molar-refractivity contribution in [3.63, 3.8) is 0 Å². The number of rotatable bonds is 2. The van der Waals surface area contributed by atoms with E-state index >= 15 is 0 Å². The van der Waals surface area contributed by atoms with Crippen LogP contribution in [0.25, 0.3) is 0 Å². The van der Waals surface area contributed by atoms with Crippen LogP contribution in [0.1, 0.15) is 33.6 Å². The van der Waals surface area contributed by atoms with Gasteiger partial charge in [0.25, 0.3) is 0 Å². The van der Waals surface area contributed by atoms with Crippen LogP contribution >= 0.6 is 23.2 Å². The van der Waals surface area contributed by atoms with E-state index in [1.165, 1.54) is 0 Å². The summed E-state index contributed by atoms with van der Waals surface area (Å²) in [5.74, 6) is -0.267. The third kappa shape index (κ3) is 1.49. The molecule has 0 amide bonds. The lowest BCUT2D eigenvalue weighted by atomic mass is 9.67. The molecule has 4 heteroatoms. The second-order valence-corrected chi connectivity index (χ2v) is 5.44. The molecule has 14 heavy (non-hydrogen) atoms. The molecule has 0 aromatic heterocycles. The smallest absolute Gasteiger partial charge is 0.228 e. The van der Waals surface area contributed by atoms with Gasteiger partial charge in [0.15, 0.2) is 0 Å². The molecule has 1 fully saturated rings. The molecule has 0 aliphatic heterocycles. The highest BCUT2D eigenvalue weighted by Gasteiger charge is 2.57. The molecular formula is C10H14Cl2O2. The maximum absolute atomic E-state index is 11.4. The van der Waals surface area contributed by atoms with Gasteiger partial charge in [-0.1, -0.05) is 20.8 Å². The number of carbonyl (C=O) groups excluding carboxylic acids is 2. The summed E-state index contributed by atoms with van der Waals surface area (Å²) >= 11 is 11.1. The molecule has 0 radical (unpaired) electrons. The van der Waals surface area contributed by atoms with Crippen LogP contribution in [0.4, 0.5) is 0 Å². The summed E-state index contributed by atoms with van der Waals surface area (Å²) in [6.45, 7) is 5.57. The highest BCUT2D eigenvalue weighted by Crippen LogP contribution is 2.57. The summed E-state index contributed by atoms with van der Waals surface area (Å²) in [4.78, 5) is 22.5. The minimum absolute atomic E-state index is 0.267. The fraction of sp³-hybridized carbons (Fsp3) is 0.800. The normalized spacial score (nSPS) is 35.6. The minimum atomic E-state index is -0.635. The third-order valence-corrected chi connectivity index (χ3v) is 4.61. The molecule has 0 heterocycles. The fourth-order valence-electron chi connectivity index (χ4n) is 2.25. The van der Waals surface area contributed by atoms with Crippen molar-refractivity contribution in [2.24, 2.45) is 16.7 Å². The van der Waals surface area contributed by atoms with Crippen LogP contribution in [0.2, 0.25) is 0 Å². The Hall–Kier alpha value is -0.0800. The Morgan fingerprint density at radius 1 is 1.21 bits per heavy atom. The maximum atomic E-state index is 11.4. The average molecular weight is 237 g/mol.